The van der Waals surface area contributed by atoms with Crippen LogP contribution in [0.1, 0.15) is 58.8 Å². The summed E-state index contributed by atoms with van der Waals surface area (Å²) >= 11 is 0. The molecule has 6 nitrogen and oxygen atoms in total. The first-order valence-corrected chi connectivity index (χ1v) is 10.5. The summed E-state index contributed by atoms with van der Waals surface area (Å²) in [4.78, 5) is 26.9. The molecule has 3 amide bonds. The summed E-state index contributed by atoms with van der Waals surface area (Å²) in [5, 5.41) is 9.64. The fourth-order valence-corrected chi connectivity index (χ4v) is 6.38. The maximum absolute atomic E-state index is 12.5. The van der Waals surface area contributed by atoms with Crippen molar-refractivity contribution in [1.82, 2.24) is 20.9 Å². The highest BCUT2D eigenvalue weighted by molar-refractivity contribution is 5.79. The molecule has 2 unspecified atom stereocenters. The number of rotatable bonds is 4. The Labute approximate surface area is 156 Å². The Kier molecular flexibility index (Phi) is 4.88. The second-order valence-corrected chi connectivity index (χ2v) is 9.40. The quantitative estimate of drug-likeness (QED) is 0.715. The second kappa shape index (κ2) is 7.02. The average Bonchev–Trinajstić information content (AvgIpc) is 2.55. The third kappa shape index (κ3) is 3.57. The van der Waals surface area contributed by atoms with Crippen molar-refractivity contribution in [3.63, 3.8) is 0 Å². The third-order valence-corrected chi connectivity index (χ3v) is 7.40. The predicted octanol–water partition coefficient (Wildman–Crippen LogP) is 1.85. The number of nitrogens with zero attached hydrogens (tertiary/aromatic N) is 1. The van der Waals surface area contributed by atoms with Crippen LogP contribution in [0.3, 0.4) is 0 Å². The van der Waals surface area contributed by atoms with Gasteiger partial charge in [-0.05, 0) is 70.1 Å². The molecule has 1 aliphatic heterocycles. The van der Waals surface area contributed by atoms with E-state index >= 15 is 0 Å². The molecular weight excluding hydrogens is 328 g/mol. The van der Waals surface area contributed by atoms with Gasteiger partial charge in [0.15, 0.2) is 0 Å². The van der Waals surface area contributed by atoms with Gasteiger partial charge >= 0.3 is 6.03 Å². The predicted molar refractivity (Wildman–Crippen MR) is 101 cm³/mol. The minimum Gasteiger partial charge on any atom is -0.338 e. The van der Waals surface area contributed by atoms with Crippen LogP contribution in [0.5, 0.6) is 0 Å². The highest BCUT2D eigenvalue weighted by Gasteiger charge is 2.51. The van der Waals surface area contributed by atoms with Crippen molar-refractivity contribution in [3.05, 3.63) is 0 Å². The van der Waals surface area contributed by atoms with E-state index in [0.717, 1.165) is 50.1 Å². The molecule has 0 aromatic heterocycles. The zero-order valence-corrected chi connectivity index (χ0v) is 16.2. The number of hydrogen-bond acceptors (Lipinski definition) is 3. The van der Waals surface area contributed by atoms with Gasteiger partial charge in [0.05, 0.1) is 0 Å². The van der Waals surface area contributed by atoms with Crippen molar-refractivity contribution < 1.29 is 9.59 Å². The lowest BCUT2D eigenvalue weighted by atomic mass is 9.53. The van der Waals surface area contributed by atoms with E-state index in [0.29, 0.717) is 19.0 Å². The van der Waals surface area contributed by atoms with Crippen LogP contribution < -0.4 is 16.0 Å². The fourth-order valence-electron chi connectivity index (χ4n) is 6.38. The smallest absolute Gasteiger partial charge is 0.315 e. The van der Waals surface area contributed by atoms with Gasteiger partial charge in [0.1, 0.15) is 0 Å². The summed E-state index contributed by atoms with van der Waals surface area (Å²) in [6.07, 6.45) is 7.96. The van der Waals surface area contributed by atoms with Crippen LogP contribution in [0.4, 0.5) is 4.79 Å². The Bertz CT molecular complexity index is 529. The Morgan fingerprint density at radius 3 is 2.31 bits per heavy atom. The van der Waals surface area contributed by atoms with E-state index in [1.54, 1.807) is 0 Å². The molecule has 0 radical (unpaired) electrons. The molecule has 4 aliphatic carbocycles. The van der Waals surface area contributed by atoms with Crippen molar-refractivity contribution in [2.75, 3.05) is 19.6 Å². The molecule has 0 aromatic rings. The molecule has 6 heteroatoms. The zero-order chi connectivity index (χ0) is 18.3. The van der Waals surface area contributed by atoms with Gasteiger partial charge < -0.3 is 20.9 Å². The van der Waals surface area contributed by atoms with Crippen LogP contribution in [-0.4, -0.2) is 54.1 Å². The normalized spacial score (nSPS) is 41.2. The first-order chi connectivity index (χ1) is 12.4. The van der Waals surface area contributed by atoms with Gasteiger partial charge in [0, 0.05) is 43.7 Å². The monoisotopic (exact) mass is 362 g/mol. The molecule has 2 atom stereocenters. The van der Waals surface area contributed by atoms with Crippen molar-refractivity contribution in [2.24, 2.45) is 17.8 Å². The van der Waals surface area contributed by atoms with Crippen molar-refractivity contribution in [3.8, 4) is 0 Å². The maximum Gasteiger partial charge on any atom is 0.315 e. The molecule has 146 valence electrons. The van der Waals surface area contributed by atoms with Crippen molar-refractivity contribution >= 4 is 11.9 Å². The molecule has 5 rings (SSSR count). The van der Waals surface area contributed by atoms with Crippen LogP contribution >= 0.6 is 0 Å². The molecule has 4 bridgehead atoms. The Morgan fingerprint density at radius 2 is 1.69 bits per heavy atom. The molecule has 5 aliphatic rings. The van der Waals surface area contributed by atoms with Crippen LogP contribution in [0.2, 0.25) is 0 Å². The van der Waals surface area contributed by atoms with Crippen LogP contribution in [0.25, 0.3) is 0 Å². The van der Waals surface area contributed by atoms with E-state index in [2.05, 4.69) is 29.8 Å². The third-order valence-electron chi connectivity index (χ3n) is 7.40. The molecule has 5 fully saturated rings. The summed E-state index contributed by atoms with van der Waals surface area (Å²) in [5.41, 5.74) is 0.0331. The SMILES string of the molecule is CC1NCCN(C(=O)CCNC(=O)NC23CC4CC(CC(C4)C2)C3)C1C. The van der Waals surface area contributed by atoms with E-state index in [1.807, 2.05) is 4.90 Å². The van der Waals surface area contributed by atoms with E-state index < -0.39 is 0 Å². The number of urea groups is 1. The summed E-state index contributed by atoms with van der Waals surface area (Å²) in [7, 11) is 0. The Morgan fingerprint density at radius 1 is 1.08 bits per heavy atom. The summed E-state index contributed by atoms with van der Waals surface area (Å²) in [6, 6.07) is 0.443. The number of amides is 3. The number of nitrogens with one attached hydrogen (secondary N) is 3. The maximum atomic E-state index is 12.5. The Balaban J connectivity index is 1.23. The van der Waals surface area contributed by atoms with Gasteiger partial charge in [-0.15, -0.1) is 0 Å². The first-order valence-electron chi connectivity index (χ1n) is 10.5. The van der Waals surface area contributed by atoms with Crippen molar-refractivity contribution in [2.45, 2.75) is 76.4 Å². The van der Waals surface area contributed by atoms with E-state index in [4.69, 9.17) is 0 Å². The average molecular weight is 363 g/mol. The highest BCUT2D eigenvalue weighted by atomic mass is 16.2. The molecule has 1 saturated heterocycles. The summed E-state index contributed by atoms with van der Waals surface area (Å²) in [5.74, 6) is 2.60. The first kappa shape index (κ1) is 18.1. The van der Waals surface area contributed by atoms with Gasteiger partial charge in [0.25, 0.3) is 0 Å². The minimum absolute atomic E-state index is 0.0331. The Hall–Kier alpha value is -1.30. The highest BCUT2D eigenvalue weighted by Crippen LogP contribution is 2.55. The van der Waals surface area contributed by atoms with E-state index in [1.165, 1.54) is 19.3 Å². The lowest BCUT2D eigenvalue weighted by Gasteiger charge is -2.56. The van der Waals surface area contributed by atoms with Crippen LogP contribution in [0.15, 0.2) is 0 Å². The lowest BCUT2D eigenvalue weighted by molar-refractivity contribution is -0.134. The fraction of sp³-hybridized carbons (Fsp3) is 0.900. The van der Waals surface area contributed by atoms with Gasteiger partial charge in [0.2, 0.25) is 5.91 Å². The van der Waals surface area contributed by atoms with Gasteiger partial charge in [-0.1, -0.05) is 0 Å². The van der Waals surface area contributed by atoms with Crippen LogP contribution in [-0.2, 0) is 4.79 Å². The zero-order valence-electron chi connectivity index (χ0n) is 16.2. The summed E-state index contributed by atoms with van der Waals surface area (Å²) < 4.78 is 0. The van der Waals surface area contributed by atoms with Gasteiger partial charge in [-0.3, -0.25) is 4.79 Å². The van der Waals surface area contributed by atoms with Crippen molar-refractivity contribution in [1.29, 1.82) is 0 Å². The molecule has 26 heavy (non-hydrogen) atoms. The molecule has 0 spiro atoms. The molecule has 1 heterocycles. The molecule has 4 saturated carbocycles. The number of carbonyl (C=O) groups is 2. The van der Waals surface area contributed by atoms with E-state index in [-0.39, 0.29) is 23.5 Å². The topological polar surface area (TPSA) is 73.5 Å². The summed E-state index contributed by atoms with van der Waals surface area (Å²) in [6.45, 7) is 6.21. The number of piperazine rings is 1. The standard InChI is InChI=1S/C20H34N4O2/c1-13-14(2)24(6-5-21-13)18(25)3-4-22-19(26)23-20-10-15-7-16(11-20)9-17(8-15)12-20/h13-17,21H,3-12H2,1-2H3,(H2,22,23,26). The largest absolute Gasteiger partial charge is 0.338 e. The minimum atomic E-state index is -0.0820. The molecule has 0 aromatic carbocycles. The number of carbonyl (C=O) groups excluding carboxylic acids is 2. The van der Waals surface area contributed by atoms with Gasteiger partial charge in [-0.25, -0.2) is 4.79 Å². The lowest BCUT2D eigenvalue weighted by Crippen LogP contribution is -2.61. The second-order valence-electron chi connectivity index (χ2n) is 9.40. The van der Waals surface area contributed by atoms with Gasteiger partial charge in [-0.2, -0.15) is 0 Å². The molecular formula is C20H34N4O2. The number of hydrogen-bond donors (Lipinski definition) is 3. The van der Waals surface area contributed by atoms with E-state index in [9.17, 15) is 9.59 Å². The van der Waals surface area contributed by atoms with Crippen LogP contribution in [0, 0.1) is 17.8 Å². The molecule has 3 N–H and O–H groups in total.